The molecule has 0 saturated carbocycles. The number of aromatic nitrogens is 3. The molecule has 0 aliphatic carbocycles. The summed E-state index contributed by atoms with van der Waals surface area (Å²) in [6, 6.07) is 0. The fourth-order valence-electron chi connectivity index (χ4n) is 0.757. The minimum atomic E-state index is -0.525. The van der Waals surface area contributed by atoms with Crippen molar-refractivity contribution in [3.63, 3.8) is 0 Å². The Labute approximate surface area is 65.5 Å². The highest BCUT2D eigenvalue weighted by Gasteiger charge is 2.06. The predicted octanol–water partition coefficient (Wildman–Crippen LogP) is -0.110. The summed E-state index contributed by atoms with van der Waals surface area (Å²) in [5, 5.41) is 3.89. The lowest BCUT2D eigenvalue weighted by Gasteiger charge is -1.79. The van der Waals surface area contributed by atoms with Crippen molar-refractivity contribution < 1.29 is 4.79 Å². The quantitative estimate of drug-likeness (QED) is 0.645. The number of amides is 1. The molecular weight excluding hydrogens is 164 g/mol. The summed E-state index contributed by atoms with van der Waals surface area (Å²) in [5.74, 6) is -0.525. The fourth-order valence-corrected chi connectivity index (χ4v) is 1.36. The van der Waals surface area contributed by atoms with Gasteiger partial charge in [-0.3, -0.25) is 4.79 Å². The van der Waals surface area contributed by atoms with E-state index in [4.69, 9.17) is 5.73 Å². The molecule has 0 spiro atoms. The van der Waals surface area contributed by atoms with E-state index in [0.29, 0.717) is 4.96 Å². The molecule has 56 valence electrons. The van der Waals surface area contributed by atoms with Gasteiger partial charge in [-0.25, -0.2) is 9.50 Å². The summed E-state index contributed by atoms with van der Waals surface area (Å²) in [6.07, 6.45) is 1.51. The van der Waals surface area contributed by atoms with Gasteiger partial charge in [0.25, 0.3) is 5.91 Å². The third-order valence-electron chi connectivity index (χ3n) is 1.24. The van der Waals surface area contributed by atoms with Gasteiger partial charge in [0, 0.05) is 0 Å². The van der Waals surface area contributed by atoms with Crippen LogP contribution < -0.4 is 5.73 Å². The second-order valence-electron chi connectivity index (χ2n) is 1.96. The zero-order valence-corrected chi connectivity index (χ0v) is 6.21. The van der Waals surface area contributed by atoms with Crippen molar-refractivity contribution in [3.8, 4) is 0 Å². The molecule has 5 nitrogen and oxygen atoms in total. The van der Waals surface area contributed by atoms with Gasteiger partial charge in [-0.15, -0.1) is 0 Å². The summed E-state index contributed by atoms with van der Waals surface area (Å²) >= 11 is 1.36. The van der Waals surface area contributed by atoms with Gasteiger partial charge in [-0.05, 0) is 0 Å². The van der Waals surface area contributed by atoms with E-state index in [0.717, 1.165) is 0 Å². The summed E-state index contributed by atoms with van der Waals surface area (Å²) in [6.45, 7) is 0. The fraction of sp³-hybridized carbons (Fsp3) is 0. The molecule has 0 atom stereocenters. The SMILES string of the molecule is NC(=O)c1cn2ncsc2n1. The lowest BCUT2D eigenvalue weighted by molar-refractivity contribution is 0.0996. The molecule has 0 fully saturated rings. The number of fused-ring (bicyclic) bond motifs is 1. The standard InChI is InChI=1S/C5H4N4OS/c6-4(10)3-1-9-5(8-3)11-2-7-9/h1-2H,(H2,6,10). The highest BCUT2D eigenvalue weighted by atomic mass is 32.1. The molecule has 2 aromatic rings. The number of nitrogens with zero attached hydrogens (tertiary/aromatic N) is 3. The van der Waals surface area contributed by atoms with Crippen molar-refractivity contribution in [2.75, 3.05) is 0 Å². The highest BCUT2D eigenvalue weighted by Crippen LogP contribution is 2.07. The van der Waals surface area contributed by atoms with E-state index in [9.17, 15) is 4.79 Å². The first-order chi connectivity index (χ1) is 5.27. The molecule has 0 aliphatic rings. The summed E-state index contributed by atoms with van der Waals surface area (Å²) in [5.41, 5.74) is 6.90. The van der Waals surface area contributed by atoms with Crippen LogP contribution in [0.4, 0.5) is 0 Å². The molecule has 1 amide bonds. The molecule has 2 aromatic heterocycles. The average molecular weight is 168 g/mol. The van der Waals surface area contributed by atoms with Gasteiger partial charge < -0.3 is 5.73 Å². The lowest BCUT2D eigenvalue weighted by Crippen LogP contribution is -2.10. The number of primary amides is 1. The molecule has 0 aliphatic heterocycles. The molecule has 6 heteroatoms. The van der Waals surface area contributed by atoms with Crippen molar-refractivity contribution >= 4 is 22.2 Å². The van der Waals surface area contributed by atoms with Gasteiger partial charge >= 0.3 is 0 Å². The first-order valence-corrected chi connectivity index (χ1v) is 3.74. The number of carbonyl (C=O) groups is 1. The first-order valence-electron chi connectivity index (χ1n) is 2.86. The van der Waals surface area contributed by atoms with Gasteiger partial charge in [0.2, 0.25) is 4.96 Å². The highest BCUT2D eigenvalue weighted by molar-refractivity contribution is 7.14. The van der Waals surface area contributed by atoms with E-state index >= 15 is 0 Å². The Morgan fingerprint density at radius 1 is 1.73 bits per heavy atom. The normalized spacial score (nSPS) is 10.5. The van der Waals surface area contributed by atoms with Crippen LogP contribution in [-0.4, -0.2) is 20.5 Å². The van der Waals surface area contributed by atoms with Crippen molar-refractivity contribution in [2.45, 2.75) is 0 Å². The van der Waals surface area contributed by atoms with Crippen molar-refractivity contribution in [1.29, 1.82) is 0 Å². The van der Waals surface area contributed by atoms with Gasteiger partial charge in [0.15, 0.2) is 0 Å². The smallest absolute Gasteiger partial charge is 0.269 e. The van der Waals surface area contributed by atoms with Gasteiger partial charge in [-0.2, -0.15) is 5.10 Å². The Kier molecular flexibility index (Phi) is 1.16. The van der Waals surface area contributed by atoms with Crippen LogP contribution in [0.2, 0.25) is 0 Å². The van der Waals surface area contributed by atoms with Crippen LogP contribution in [0.25, 0.3) is 4.96 Å². The molecule has 2 N–H and O–H groups in total. The number of carbonyl (C=O) groups excluding carboxylic acids is 1. The molecule has 11 heavy (non-hydrogen) atoms. The van der Waals surface area contributed by atoms with Crippen LogP contribution in [0, 0.1) is 0 Å². The molecular formula is C5H4N4OS. The summed E-state index contributed by atoms with van der Waals surface area (Å²) < 4.78 is 1.52. The van der Waals surface area contributed by atoms with Gasteiger partial charge in [-0.1, -0.05) is 11.3 Å². The van der Waals surface area contributed by atoms with E-state index in [1.165, 1.54) is 22.0 Å². The molecule has 2 heterocycles. The molecule has 0 unspecified atom stereocenters. The number of hydrogen-bond donors (Lipinski definition) is 1. The Balaban J connectivity index is 2.67. The number of hydrogen-bond acceptors (Lipinski definition) is 4. The van der Waals surface area contributed by atoms with Crippen LogP contribution in [-0.2, 0) is 0 Å². The lowest BCUT2D eigenvalue weighted by atomic mass is 10.5. The van der Waals surface area contributed by atoms with E-state index in [-0.39, 0.29) is 5.69 Å². The zero-order valence-electron chi connectivity index (χ0n) is 5.39. The summed E-state index contributed by atoms with van der Waals surface area (Å²) in [7, 11) is 0. The summed E-state index contributed by atoms with van der Waals surface area (Å²) in [4.78, 5) is 15.2. The van der Waals surface area contributed by atoms with Gasteiger partial charge in [0.1, 0.15) is 11.2 Å². The van der Waals surface area contributed by atoms with Crippen LogP contribution in [0.5, 0.6) is 0 Å². The van der Waals surface area contributed by atoms with Crippen molar-refractivity contribution in [2.24, 2.45) is 5.73 Å². The third kappa shape index (κ3) is 0.874. The average Bonchev–Trinajstić information content (AvgIpc) is 2.40. The molecule has 0 bridgehead atoms. The Hall–Kier alpha value is -1.43. The predicted molar refractivity (Wildman–Crippen MR) is 39.4 cm³/mol. The van der Waals surface area contributed by atoms with E-state index in [1.54, 1.807) is 5.51 Å². The monoisotopic (exact) mass is 168 g/mol. The number of nitrogens with two attached hydrogens (primary N) is 1. The molecule has 2 rings (SSSR count). The first kappa shape index (κ1) is 6.29. The minimum absolute atomic E-state index is 0.254. The van der Waals surface area contributed by atoms with E-state index < -0.39 is 5.91 Å². The maximum absolute atomic E-state index is 10.6. The number of rotatable bonds is 1. The Morgan fingerprint density at radius 3 is 3.18 bits per heavy atom. The van der Waals surface area contributed by atoms with Gasteiger partial charge in [0.05, 0.1) is 6.20 Å². The third-order valence-corrected chi connectivity index (χ3v) is 1.93. The van der Waals surface area contributed by atoms with E-state index in [1.807, 2.05) is 0 Å². The van der Waals surface area contributed by atoms with Crippen LogP contribution in [0.3, 0.4) is 0 Å². The Bertz CT molecular complexity index is 375. The minimum Gasteiger partial charge on any atom is -0.364 e. The topological polar surface area (TPSA) is 73.3 Å². The van der Waals surface area contributed by atoms with Crippen molar-refractivity contribution in [3.05, 3.63) is 17.4 Å². The van der Waals surface area contributed by atoms with Crippen LogP contribution in [0.15, 0.2) is 11.7 Å². The maximum atomic E-state index is 10.6. The Morgan fingerprint density at radius 2 is 2.55 bits per heavy atom. The maximum Gasteiger partial charge on any atom is 0.269 e. The van der Waals surface area contributed by atoms with E-state index in [2.05, 4.69) is 10.1 Å². The number of imidazole rings is 1. The van der Waals surface area contributed by atoms with Crippen LogP contribution >= 0.6 is 11.3 Å². The second kappa shape index (κ2) is 2.03. The largest absolute Gasteiger partial charge is 0.364 e. The second-order valence-corrected chi connectivity index (χ2v) is 2.77. The molecule has 0 aromatic carbocycles. The van der Waals surface area contributed by atoms with Crippen LogP contribution in [0.1, 0.15) is 10.5 Å². The molecule has 0 saturated heterocycles. The van der Waals surface area contributed by atoms with Crippen molar-refractivity contribution in [1.82, 2.24) is 14.6 Å². The zero-order chi connectivity index (χ0) is 7.84. The molecule has 0 radical (unpaired) electrons.